The van der Waals surface area contributed by atoms with Crippen LogP contribution in [0.3, 0.4) is 0 Å². The Labute approximate surface area is 138 Å². The van der Waals surface area contributed by atoms with Crippen molar-refractivity contribution in [3.8, 4) is 0 Å². The van der Waals surface area contributed by atoms with Crippen molar-refractivity contribution < 1.29 is 4.74 Å². The lowest BCUT2D eigenvalue weighted by molar-refractivity contribution is 0.0210. The first-order chi connectivity index (χ1) is 10.8. The summed E-state index contributed by atoms with van der Waals surface area (Å²) >= 11 is 0. The summed E-state index contributed by atoms with van der Waals surface area (Å²) in [4.78, 5) is 0. The SMILES string of the molecule is C/C=C/CC[C@H]1CC[C@H]([C@H]2CC[C@H](OC/C=C/C)CC2)CC1. The maximum atomic E-state index is 5.94. The van der Waals surface area contributed by atoms with Gasteiger partial charge in [0, 0.05) is 0 Å². The van der Waals surface area contributed by atoms with E-state index in [4.69, 9.17) is 4.74 Å². The summed E-state index contributed by atoms with van der Waals surface area (Å²) in [6, 6.07) is 0. The summed E-state index contributed by atoms with van der Waals surface area (Å²) in [5.41, 5.74) is 0. The Hall–Kier alpha value is -0.560. The van der Waals surface area contributed by atoms with E-state index in [0.717, 1.165) is 24.4 Å². The Morgan fingerprint density at radius 3 is 1.95 bits per heavy atom. The molecule has 0 N–H and O–H groups in total. The molecule has 0 amide bonds. The van der Waals surface area contributed by atoms with Crippen LogP contribution >= 0.6 is 0 Å². The van der Waals surface area contributed by atoms with Gasteiger partial charge in [0.1, 0.15) is 0 Å². The van der Waals surface area contributed by atoms with E-state index in [1.165, 1.54) is 64.2 Å². The molecule has 0 radical (unpaired) electrons. The van der Waals surface area contributed by atoms with E-state index in [-0.39, 0.29) is 0 Å². The highest BCUT2D eigenvalue weighted by Gasteiger charge is 2.30. The molecule has 126 valence electrons. The molecule has 0 aliphatic heterocycles. The first-order valence-corrected chi connectivity index (χ1v) is 9.67. The lowest BCUT2D eigenvalue weighted by Gasteiger charge is -2.37. The van der Waals surface area contributed by atoms with Gasteiger partial charge in [0.15, 0.2) is 0 Å². The van der Waals surface area contributed by atoms with Crippen LogP contribution in [0.4, 0.5) is 0 Å². The van der Waals surface area contributed by atoms with Gasteiger partial charge in [0.2, 0.25) is 0 Å². The van der Waals surface area contributed by atoms with E-state index < -0.39 is 0 Å². The fraction of sp³-hybridized carbons (Fsp3) is 0.810. The van der Waals surface area contributed by atoms with Gasteiger partial charge in [-0.2, -0.15) is 0 Å². The Morgan fingerprint density at radius 1 is 0.773 bits per heavy atom. The summed E-state index contributed by atoms with van der Waals surface area (Å²) in [5.74, 6) is 3.03. The summed E-state index contributed by atoms with van der Waals surface area (Å²) in [6.07, 6.45) is 23.4. The molecule has 0 spiro atoms. The molecule has 1 nitrogen and oxygen atoms in total. The number of hydrogen-bond donors (Lipinski definition) is 0. The average Bonchev–Trinajstić information content (AvgIpc) is 2.57. The first-order valence-electron chi connectivity index (χ1n) is 9.67. The van der Waals surface area contributed by atoms with Gasteiger partial charge in [-0.1, -0.05) is 37.1 Å². The van der Waals surface area contributed by atoms with Gasteiger partial charge in [-0.05, 0) is 83.0 Å². The van der Waals surface area contributed by atoms with Crippen molar-refractivity contribution in [3.63, 3.8) is 0 Å². The molecule has 0 bridgehead atoms. The summed E-state index contributed by atoms with van der Waals surface area (Å²) in [6.45, 7) is 5.01. The van der Waals surface area contributed by atoms with Crippen molar-refractivity contribution in [2.45, 2.75) is 84.2 Å². The highest BCUT2D eigenvalue weighted by atomic mass is 16.5. The molecule has 0 aromatic carbocycles. The maximum Gasteiger partial charge on any atom is 0.0651 e. The molecule has 1 heteroatoms. The lowest BCUT2D eigenvalue weighted by atomic mass is 9.70. The van der Waals surface area contributed by atoms with Gasteiger partial charge in [-0.25, -0.2) is 0 Å². The molecule has 2 fully saturated rings. The largest absolute Gasteiger partial charge is 0.374 e. The third-order valence-electron chi connectivity index (χ3n) is 5.92. The fourth-order valence-corrected chi connectivity index (χ4v) is 4.46. The van der Waals surface area contributed by atoms with Crippen LogP contribution in [-0.2, 0) is 4.74 Å². The molecular weight excluding hydrogens is 268 g/mol. The molecule has 0 atom stereocenters. The second-order valence-corrected chi connectivity index (χ2v) is 7.37. The second kappa shape index (κ2) is 10.3. The van der Waals surface area contributed by atoms with Gasteiger partial charge in [-0.15, -0.1) is 0 Å². The molecule has 2 aliphatic rings. The monoisotopic (exact) mass is 304 g/mol. The minimum atomic E-state index is 0.532. The quantitative estimate of drug-likeness (QED) is 0.501. The van der Waals surface area contributed by atoms with Crippen molar-refractivity contribution >= 4 is 0 Å². The van der Waals surface area contributed by atoms with E-state index in [1.54, 1.807) is 0 Å². The van der Waals surface area contributed by atoms with Gasteiger partial charge < -0.3 is 4.74 Å². The average molecular weight is 305 g/mol. The van der Waals surface area contributed by atoms with E-state index in [2.05, 4.69) is 38.2 Å². The van der Waals surface area contributed by atoms with Gasteiger partial charge in [0.25, 0.3) is 0 Å². The minimum absolute atomic E-state index is 0.532. The number of ether oxygens (including phenoxy) is 1. The summed E-state index contributed by atoms with van der Waals surface area (Å²) in [5, 5.41) is 0. The van der Waals surface area contributed by atoms with Crippen LogP contribution in [0.2, 0.25) is 0 Å². The lowest BCUT2D eigenvalue weighted by Crippen LogP contribution is -2.28. The zero-order chi connectivity index (χ0) is 15.6. The van der Waals surface area contributed by atoms with Crippen molar-refractivity contribution in [2.24, 2.45) is 17.8 Å². The third-order valence-corrected chi connectivity index (χ3v) is 5.92. The summed E-state index contributed by atoms with van der Waals surface area (Å²) < 4.78 is 5.94. The van der Waals surface area contributed by atoms with Crippen LogP contribution in [0.1, 0.15) is 78.1 Å². The van der Waals surface area contributed by atoms with Gasteiger partial charge in [0.05, 0.1) is 12.7 Å². The van der Waals surface area contributed by atoms with Crippen LogP contribution in [0.5, 0.6) is 0 Å². The topological polar surface area (TPSA) is 9.23 Å². The second-order valence-electron chi connectivity index (χ2n) is 7.37. The predicted octanol–water partition coefficient (Wildman–Crippen LogP) is 6.30. The molecule has 0 saturated heterocycles. The van der Waals surface area contributed by atoms with E-state index in [9.17, 15) is 0 Å². The zero-order valence-electron chi connectivity index (χ0n) is 14.8. The molecule has 2 rings (SSSR count). The molecule has 22 heavy (non-hydrogen) atoms. The minimum Gasteiger partial charge on any atom is -0.374 e. The molecular formula is C21H36O. The molecule has 2 aliphatic carbocycles. The number of allylic oxidation sites excluding steroid dienone is 3. The number of hydrogen-bond acceptors (Lipinski definition) is 1. The van der Waals surface area contributed by atoms with Crippen molar-refractivity contribution in [1.29, 1.82) is 0 Å². The molecule has 0 unspecified atom stereocenters. The molecule has 0 aromatic heterocycles. The van der Waals surface area contributed by atoms with E-state index >= 15 is 0 Å². The van der Waals surface area contributed by atoms with Crippen molar-refractivity contribution in [1.82, 2.24) is 0 Å². The third kappa shape index (κ3) is 5.91. The standard InChI is InChI=1S/C21H36O/c1-3-5-7-8-18-9-11-19(12-10-18)20-13-15-21(16-14-20)22-17-6-4-2/h3-6,18-21H,7-17H2,1-2H3/b5-3+,6-4+/t18-,19-,20-,21-. The Morgan fingerprint density at radius 2 is 1.36 bits per heavy atom. The van der Waals surface area contributed by atoms with Gasteiger partial charge >= 0.3 is 0 Å². The highest BCUT2D eigenvalue weighted by Crippen LogP contribution is 2.41. The zero-order valence-corrected chi connectivity index (χ0v) is 14.8. The van der Waals surface area contributed by atoms with E-state index in [1.807, 2.05) is 0 Å². The summed E-state index contributed by atoms with van der Waals surface area (Å²) in [7, 11) is 0. The van der Waals surface area contributed by atoms with Gasteiger partial charge in [-0.3, -0.25) is 0 Å². The molecule has 0 aromatic rings. The molecule has 0 heterocycles. The Balaban J connectivity index is 1.62. The van der Waals surface area contributed by atoms with Crippen LogP contribution in [-0.4, -0.2) is 12.7 Å². The Kier molecular flexibility index (Phi) is 8.30. The highest BCUT2D eigenvalue weighted by molar-refractivity contribution is 4.85. The predicted molar refractivity (Wildman–Crippen MR) is 96.0 cm³/mol. The van der Waals surface area contributed by atoms with Crippen molar-refractivity contribution in [3.05, 3.63) is 24.3 Å². The van der Waals surface area contributed by atoms with Crippen LogP contribution in [0, 0.1) is 17.8 Å². The normalized spacial score (nSPS) is 33.7. The van der Waals surface area contributed by atoms with E-state index in [0.29, 0.717) is 6.10 Å². The number of rotatable bonds is 7. The maximum absolute atomic E-state index is 5.94. The van der Waals surface area contributed by atoms with Crippen LogP contribution in [0.15, 0.2) is 24.3 Å². The fourth-order valence-electron chi connectivity index (χ4n) is 4.46. The molecule has 2 saturated carbocycles. The van der Waals surface area contributed by atoms with Crippen molar-refractivity contribution in [2.75, 3.05) is 6.61 Å². The van der Waals surface area contributed by atoms with Crippen LogP contribution < -0.4 is 0 Å². The van der Waals surface area contributed by atoms with Crippen LogP contribution in [0.25, 0.3) is 0 Å². The Bertz CT molecular complexity index is 294. The first kappa shape index (κ1) is 17.8. The smallest absolute Gasteiger partial charge is 0.0651 e.